The molecule has 0 amide bonds. The van der Waals surface area contributed by atoms with Gasteiger partial charge in [0.25, 0.3) is 0 Å². The first-order valence-corrected chi connectivity index (χ1v) is 8.20. The lowest BCUT2D eigenvalue weighted by atomic mass is 10.1. The molecule has 0 radical (unpaired) electrons. The number of nitrogens with zero attached hydrogens (tertiary/aromatic N) is 3. The standard InChI is InChI=1S/C15H20N4S/c1-19-10-14(9-17-7-12-4-6-20-11-12)15(18-19)13-3-2-5-16-8-13/h2-3,5,8,10,12,17H,4,6-7,9,11H2,1H3. The minimum absolute atomic E-state index is 0.832. The molecule has 3 rings (SSSR count). The van der Waals surface area contributed by atoms with Crippen molar-refractivity contribution in [3.8, 4) is 11.3 Å². The molecular formula is C15H20N4S. The summed E-state index contributed by atoms with van der Waals surface area (Å²) < 4.78 is 1.88. The van der Waals surface area contributed by atoms with Crippen molar-refractivity contribution in [2.24, 2.45) is 13.0 Å². The largest absolute Gasteiger partial charge is 0.312 e. The summed E-state index contributed by atoms with van der Waals surface area (Å²) in [6, 6.07) is 4.02. The Kier molecular flexibility index (Phi) is 4.38. The minimum Gasteiger partial charge on any atom is -0.312 e. The normalized spacial score (nSPS) is 18.6. The molecule has 1 fully saturated rings. The topological polar surface area (TPSA) is 42.7 Å². The van der Waals surface area contributed by atoms with Gasteiger partial charge >= 0.3 is 0 Å². The number of hydrogen-bond acceptors (Lipinski definition) is 4. The first-order valence-electron chi connectivity index (χ1n) is 7.04. The maximum absolute atomic E-state index is 4.56. The molecule has 2 aromatic heterocycles. The molecule has 0 saturated carbocycles. The molecule has 3 heterocycles. The fourth-order valence-electron chi connectivity index (χ4n) is 2.57. The summed E-state index contributed by atoms with van der Waals surface area (Å²) in [6.07, 6.45) is 7.11. The van der Waals surface area contributed by atoms with Crippen LogP contribution in [0.1, 0.15) is 12.0 Å². The number of aromatic nitrogens is 3. The summed E-state index contributed by atoms with van der Waals surface area (Å²) in [5, 5.41) is 8.14. The lowest BCUT2D eigenvalue weighted by Crippen LogP contribution is -2.22. The third-order valence-corrected chi connectivity index (χ3v) is 4.84. The van der Waals surface area contributed by atoms with Gasteiger partial charge in [-0.3, -0.25) is 9.67 Å². The Labute approximate surface area is 124 Å². The van der Waals surface area contributed by atoms with Crippen molar-refractivity contribution in [1.29, 1.82) is 0 Å². The van der Waals surface area contributed by atoms with Crippen LogP contribution in [0.5, 0.6) is 0 Å². The molecule has 1 unspecified atom stereocenters. The van der Waals surface area contributed by atoms with E-state index in [4.69, 9.17) is 0 Å². The van der Waals surface area contributed by atoms with Gasteiger partial charge in [-0.1, -0.05) is 0 Å². The molecule has 1 N–H and O–H groups in total. The molecule has 4 nitrogen and oxygen atoms in total. The Morgan fingerprint density at radius 2 is 2.45 bits per heavy atom. The third kappa shape index (κ3) is 3.22. The van der Waals surface area contributed by atoms with Crippen molar-refractivity contribution in [3.63, 3.8) is 0 Å². The second kappa shape index (κ2) is 6.41. The number of nitrogens with one attached hydrogen (secondary N) is 1. The van der Waals surface area contributed by atoms with E-state index in [-0.39, 0.29) is 0 Å². The molecular weight excluding hydrogens is 268 g/mol. The number of hydrogen-bond donors (Lipinski definition) is 1. The van der Waals surface area contributed by atoms with Gasteiger partial charge in [-0.2, -0.15) is 16.9 Å². The Morgan fingerprint density at radius 1 is 1.50 bits per heavy atom. The first kappa shape index (κ1) is 13.6. The highest BCUT2D eigenvalue weighted by atomic mass is 32.2. The van der Waals surface area contributed by atoms with E-state index in [1.54, 1.807) is 6.20 Å². The van der Waals surface area contributed by atoms with Gasteiger partial charge in [-0.05, 0) is 42.5 Å². The zero-order valence-corrected chi connectivity index (χ0v) is 12.6. The Balaban J connectivity index is 1.66. The molecule has 106 valence electrons. The molecule has 0 aliphatic carbocycles. The fourth-order valence-corrected chi connectivity index (χ4v) is 3.85. The van der Waals surface area contributed by atoms with Gasteiger partial charge in [-0.25, -0.2) is 0 Å². The van der Waals surface area contributed by atoms with E-state index >= 15 is 0 Å². The highest BCUT2D eigenvalue weighted by Crippen LogP contribution is 2.23. The summed E-state index contributed by atoms with van der Waals surface area (Å²) >= 11 is 2.07. The zero-order chi connectivity index (χ0) is 13.8. The third-order valence-electron chi connectivity index (χ3n) is 3.61. The van der Waals surface area contributed by atoms with Gasteiger partial charge in [-0.15, -0.1) is 0 Å². The molecule has 0 aromatic carbocycles. The van der Waals surface area contributed by atoms with E-state index in [2.05, 4.69) is 39.4 Å². The molecule has 1 atom stereocenters. The van der Waals surface area contributed by atoms with Gasteiger partial charge in [0, 0.05) is 43.3 Å². The van der Waals surface area contributed by atoms with E-state index in [1.165, 1.54) is 23.5 Å². The molecule has 1 saturated heterocycles. The van der Waals surface area contributed by atoms with Crippen molar-refractivity contribution < 1.29 is 0 Å². The van der Waals surface area contributed by atoms with E-state index in [1.807, 2.05) is 24.0 Å². The van der Waals surface area contributed by atoms with Crippen LogP contribution < -0.4 is 5.32 Å². The number of aryl methyl sites for hydroxylation is 1. The maximum Gasteiger partial charge on any atom is 0.0983 e. The summed E-state index contributed by atoms with van der Waals surface area (Å²) in [5.41, 5.74) is 3.36. The summed E-state index contributed by atoms with van der Waals surface area (Å²) in [7, 11) is 1.97. The minimum atomic E-state index is 0.832. The van der Waals surface area contributed by atoms with Gasteiger partial charge < -0.3 is 5.32 Å². The molecule has 20 heavy (non-hydrogen) atoms. The molecule has 1 aliphatic heterocycles. The highest BCUT2D eigenvalue weighted by molar-refractivity contribution is 7.99. The van der Waals surface area contributed by atoms with Crippen LogP contribution in [0.4, 0.5) is 0 Å². The SMILES string of the molecule is Cn1cc(CNCC2CCSC2)c(-c2cccnc2)n1. The van der Waals surface area contributed by atoms with Crippen LogP contribution in [-0.4, -0.2) is 32.8 Å². The number of thioether (sulfide) groups is 1. The Bertz CT molecular complexity index is 546. The summed E-state index contributed by atoms with van der Waals surface area (Å²) in [5.74, 6) is 3.45. The lowest BCUT2D eigenvalue weighted by molar-refractivity contribution is 0.523. The first-order chi connectivity index (χ1) is 9.83. The van der Waals surface area contributed by atoms with E-state index < -0.39 is 0 Å². The fraction of sp³-hybridized carbons (Fsp3) is 0.467. The second-order valence-corrected chi connectivity index (χ2v) is 6.43. The molecule has 2 aromatic rings. The van der Waals surface area contributed by atoms with Gasteiger partial charge in [0.1, 0.15) is 0 Å². The van der Waals surface area contributed by atoms with E-state index in [0.29, 0.717) is 0 Å². The average molecular weight is 288 g/mol. The van der Waals surface area contributed by atoms with Gasteiger partial charge in [0.2, 0.25) is 0 Å². The van der Waals surface area contributed by atoms with Crippen LogP contribution in [0.25, 0.3) is 11.3 Å². The van der Waals surface area contributed by atoms with Gasteiger partial charge in [0.05, 0.1) is 5.69 Å². The Morgan fingerprint density at radius 3 is 3.20 bits per heavy atom. The van der Waals surface area contributed by atoms with Crippen LogP contribution in [0, 0.1) is 5.92 Å². The average Bonchev–Trinajstić information content (AvgIpc) is 3.10. The van der Waals surface area contributed by atoms with Crippen LogP contribution in [0.3, 0.4) is 0 Å². The predicted molar refractivity (Wildman–Crippen MR) is 83.6 cm³/mol. The van der Waals surface area contributed by atoms with E-state index in [9.17, 15) is 0 Å². The maximum atomic E-state index is 4.56. The molecule has 0 spiro atoms. The van der Waals surface area contributed by atoms with E-state index in [0.717, 1.165) is 30.3 Å². The van der Waals surface area contributed by atoms with Crippen molar-refractivity contribution in [2.45, 2.75) is 13.0 Å². The lowest BCUT2D eigenvalue weighted by Gasteiger charge is -2.09. The highest BCUT2D eigenvalue weighted by Gasteiger charge is 2.15. The summed E-state index contributed by atoms with van der Waals surface area (Å²) in [4.78, 5) is 4.18. The van der Waals surface area contributed by atoms with Crippen molar-refractivity contribution in [2.75, 3.05) is 18.1 Å². The smallest absolute Gasteiger partial charge is 0.0983 e. The van der Waals surface area contributed by atoms with Crippen molar-refractivity contribution in [1.82, 2.24) is 20.1 Å². The van der Waals surface area contributed by atoms with Crippen LogP contribution in [-0.2, 0) is 13.6 Å². The quantitative estimate of drug-likeness (QED) is 0.917. The van der Waals surface area contributed by atoms with Crippen LogP contribution >= 0.6 is 11.8 Å². The monoisotopic (exact) mass is 288 g/mol. The molecule has 1 aliphatic rings. The van der Waals surface area contributed by atoms with Crippen molar-refractivity contribution in [3.05, 3.63) is 36.3 Å². The van der Waals surface area contributed by atoms with Gasteiger partial charge in [0.15, 0.2) is 0 Å². The van der Waals surface area contributed by atoms with Crippen LogP contribution in [0.15, 0.2) is 30.7 Å². The molecule has 0 bridgehead atoms. The zero-order valence-electron chi connectivity index (χ0n) is 11.7. The number of rotatable bonds is 5. The van der Waals surface area contributed by atoms with Crippen molar-refractivity contribution >= 4 is 11.8 Å². The number of pyridine rings is 1. The predicted octanol–water partition coefficient (Wildman–Crippen LogP) is 2.32. The second-order valence-electron chi connectivity index (χ2n) is 5.28. The Hall–Kier alpha value is -1.33. The summed E-state index contributed by atoms with van der Waals surface area (Å²) in [6.45, 7) is 1.98. The van der Waals surface area contributed by atoms with Crippen LogP contribution in [0.2, 0.25) is 0 Å². The molecule has 5 heteroatoms.